The van der Waals surface area contributed by atoms with Crippen LogP contribution in [-0.2, 0) is 17.6 Å². The molecule has 0 radical (unpaired) electrons. The lowest BCUT2D eigenvalue weighted by Crippen LogP contribution is -2.34. The molecule has 4 heterocycles. The number of aromatic nitrogens is 1. The molecule has 2 aromatic carbocycles. The lowest BCUT2D eigenvalue weighted by atomic mass is 9.91. The number of halogens is 1. The molecule has 1 N–H and O–H groups in total. The molecular weight excluding hydrogens is 421 g/mol. The van der Waals surface area contributed by atoms with Crippen molar-refractivity contribution in [3.05, 3.63) is 58.5 Å². The molecule has 6 nitrogen and oxygen atoms in total. The number of aliphatic hydroxyl groups excluding tert-OH is 1. The summed E-state index contributed by atoms with van der Waals surface area (Å²) in [7, 11) is 0. The lowest BCUT2D eigenvalue weighted by molar-refractivity contribution is -0.118. The van der Waals surface area contributed by atoms with Gasteiger partial charge in [-0.15, -0.1) is 0 Å². The number of likely N-dealkylation sites (tertiary alicyclic amines) is 1. The Balaban J connectivity index is 1.07. The van der Waals surface area contributed by atoms with E-state index in [2.05, 4.69) is 22.2 Å². The number of fused-ring (bicyclic) bond motifs is 1. The van der Waals surface area contributed by atoms with Crippen LogP contribution in [0, 0.1) is 5.82 Å². The standard InChI is InChI=1S/C26H28FN3O3/c27-20-2-3-21-23(15-20)33-28-25(21)16-5-9-29(10-6-16)11-8-22(31)19-13-17-1-4-24(32)30-12-7-18(14-19)26(17)30/h2-3,13-16,22,31H,1,4-12H2. The molecule has 3 aliphatic rings. The van der Waals surface area contributed by atoms with Gasteiger partial charge in [-0.3, -0.25) is 4.79 Å². The second-order valence-corrected chi connectivity index (χ2v) is 9.61. The topological polar surface area (TPSA) is 69.8 Å². The van der Waals surface area contributed by atoms with Crippen molar-refractivity contribution in [1.82, 2.24) is 10.1 Å². The highest BCUT2D eigenvalue weighted by Gasteiger charge is 2.32. The summed E-state index contributed by atoms with van der Waals surface area (Å²) in [5.41, 5.74) is 5.94. The molecule has 0 aliphatic carbocycles. The fraction of sp³-hybridized carbons (Fsp3) is 0.462. The van der Waals surface area contributed by atoms with Crippen molar-refractivity contribution in [3.63, 3.8) is 0 Å². The molecule has 33 heavy (non-hydrogen) atoms. The van der Waals surface area contributed by atoms with Gasteiger partial charge in [-0.1, -0.05) is 17.3 Å². The van der Waals surface area contributed by atoms with Crippen LogP contribution in [0.5, 0.6) is 0 Å². The number of amides is 1. The largest absolute Gasteiger partial charge is 0.388 e. The van der Waals surface area contributed by atoms with Crippen molar-refractivity contribution in [2.75, 3.05) is 31.1 Å². The Bertz CT molecular complexity index is 1210. The predicted molar refractivity (Wildman–Crippen MR) is 123 cm³/mol. The van der Waals surface area contributed by atoms with Crippen molar-refractivity contribution >= 4 is 22.6 Å². The summed E-state index contributed by atoms with van der Waals surface area (Å²) in [6.07, 6.45) is 4.36. The number of hydrogen-bond acceptors (Lipinski definition) is 5. The van der Waals surface area contributed by atoms with Gasteiger partial charge in [0.2, 0.25) is 5.91 Å². The summed E-state index contributed by atoms with van der Waals surface area (Å²) in [6, 6.07) is 8.83. The number of nitrogens with zero attached hydrogens (tertiary/aromatic N) is 3. The van der Waals surface area contributed by atoms with Gasteiger partial charge >= 0.3 is 0 Å². The second-order valence-electron chi connectivity index (χ2n) is 9.61. The summed E-state index contributed by atoms with van der Waals surface area (Å²) >= 11 is 0. The SMILES string of the molecule is O=C1CCc2cc(C(O)CCN3CCC(c4noc5cc(F)ccc45)CC3)cc3c2N1CC3. The van der Waals surface area contributed by atoms with E-state index in [1.807, 2.05) is 4.90 Å². The van der Waals surface area contributed by atoms with Crippen molar-refractivity contribution in [2.45, 2.75) is 50.5 Å². The van der Waals surface area contributed by atoms with Gasteiger partial charge in [-0.2, -0.15) is 0 Å². The summed E-state index contributed by atoms with van der Waals surface area (Å²) in [4.78, 5) is 16.5. The van der Waals surface area contributed by atoms with Gasteiger partial charge in [0.1, 0.15) is 5.82 Å². The first-order chi connectivity index (χ1) is 16.1. The van der Waals surface area contributed by atoms with E-state index in [-0.39, 0.29) is 11.7 Å². The number of aliphatic hydroxyl groups is 1. The molecule has 0 saturated carbocycles. The first kappa shape index (κ1) is 20.8. The average molecular weight is 450 g/mol. The molecule has 1 unspecified atom stereocenters. The normalized spacial score (nSPS) is 19.9. The van der Waals surface area contributed by atoms with E-state index in [0.29, 0.717) is 24.3 Å². The van der Waals surface area contributed by atoms with Gasteiger partial charge in [0.25, 0.3) is 0 Å². The van der Waals surface area contributed by atoms with Gasteiger partial charge in [-0.05, 0) is 74.0 Å². The Morgan fingerprint density at radius 1 is 1.09 bits per heavy atom. The maximum Gasteiger partial charge on any atom is 0.227 e. The van der Waals surface area contributed by atoms with Crippen molar-refractivity contribution in [2.24, 2.45) is 0 Å². The minimum absolute atomic E-state index is 0.226. The van der Waals surface area contributed by atoms with Gasteiger partial charge < -0.3 is 19.4 Å². The van der Waals surface area contributed by atoms with Crippen LogP contribution in [-0.4, -0.2) is 47.2 Å². The van der Waals surface area contributed by atoms with Crippen LogP contribution in [0.25, 0.3) is 11.0 Å². The molecule has 1 amide bonds. The average Bonchev–Trinajstić information content (AvgIpc) is 3.45. The van der Waals surface area contributed by atoms with E-state index in [0.717, 1.165) is 74.2 Å². The zero-order valence-corrected chi connectivity index (χ0v) is 18.6. The number of anilines is 1. The highest BCUT2D eigenvalue weighted by Crippen LogP contribution is 2.39. The fourth-order valence-electron chi connectivity index (χ4n) is 5.80. The minimum atomic E-state index is -0.495. The van der Waals surface area contributed by atoms with Crippen LogP contribution >= 0.6 is 0 Å². The second kappa shape index (κ2) is 8.22. The van der Waals surface area contributed by atoms with Crippen LogP contribution in [0.1, 0.15) is 60.1 Å². The fourth-order valence-corrected chi connectivity index (χ4v) is 5.80. The van der Waals surface area contributed by atoms with E-state index in [9.17, 15) is 14.3 Å². The number of benzene rings is 2. The Kier molecular flexibility index (Phi) is 5.18. The van der Waals surface area contributed by atoms with Crippen LogP contribution in [0.3, 0.4) is 0 Å². The third-order valence-electron chi connectivity index (χ3n) is 7.61. The summed E-state index contributed by atoms with van der Waals surface area (Å²) in [6.45, 7) is 3.50. The highest BCUT2D eigenvalue weighted by molar-refractivity contribution is 5.98. The lowest BCUT2D eigenvalue weighted by Gasteiger charge is -2.32. The molecule has 172 valence electrons. The summed E-state index contributed by atoms with van der Waals surface area (Å²) in [5.74, 6) is 0.231. The first-order valence-electron chi connectivity index (χ1n) is 12.0. The van der Waals surface area contributed by atoms with Crippen LogP contribution in [0.2, 0.25) is 0 Å². The quantitative estimate of drug-likeness (QED) is 0.635. The molecule has 3 aliphatic heterocycles. The smallest absolute Gasteiger partial charge is 0.227 e. The monoisotopic (exact) mass is 449 g/mol. The van der Waals surface area contributed by atoms with Crippen molar-refractivity contribution < 1.29 is 18.8 Å². The van der Waals surface area contributed by atoms with Gasteiger partial charge in [-0.25, -0.2) is 4.39 Å². The number of rotatable bonds is 5. The Morgan fingerprint density at radius 3 is 2.70 bits per heavy atom. The maximum absolute atomic E-state index is 13.4. The minimum Gasteiger partial charge on any atom is -0.388 e. The molecule has 1 aromatic heterocycles. The van der Waals surface area contributed by atoms with Gasteiger partial charge in [0.15, 0.2) is 5.58 Å². The van der Waals surface area contributed by atoms with Gasteiger partial charge in [0.05, 0.1) is 17.5 Å². The first-order valence-corrected chi connectivity index (χ1v) is 12.0. The number of piperidine rings is 1. The summed E-state index contributed by atoms with van der Waals surface area (Å²) < 4.78 is 18.8. The van der Waals surface area contributed by atoms with Crippen LogP contribution in [0.4, 0.5) is 10.1 Å². The van der Waals surface area contributed by atoms with E-state index in [1.165, 1.54) is 23.3 Å². The Morgan fingerprint density at radius 2 is 1.88 bits per heavy atom. The maximum atomic E-state index is 13.4. The molecule has 0 spiro atoms. The molecule has 1 atom stereocenters. The van der Waals surface area contributed by atoms with E-state index in [4.69, 9.17) is 4.52 Å². The van der Waals surface area contributed by atoms with Crippen LogP contribution < -0.4 is 4.90 Å². The number of hydrogen-bond donors (Lipinski definition) is 1. The Labute approximate surface area is 192 Å². The van der Waals surface area contributed by atoms with E-state index >= 15 is 0 Å². The van der Waals surface area contributed by atoms with Crippen molar-refractivity contribution in [3.8, 4) is 0 Å². The van der Waals surface area contributed by atoms with Gasteiger partial charge in [0, 0.05) is 36.9 Å². The number of carbonyl (C=O) groups is 1. The molecule has 7 heteroatoms. The number of aryl methyl sites for hydroxylation is 1. The third kappa shape index (κ3) is 3.73. The molecule has 1 saturated heterocycles. The molecular formula is C26H28FN3O3. The number of carbonyl (C=O) groups excluding carboxylic acids is 1. The molecule has 3 aromatic rings. The molecule has 1 fully saturated rings. The zero-order valence-electron chi connectivity index (χ0n) is 18.6. The molecule has 6 rings (SSSR count). The Hall–Kier alpha value is -2.77. The third-order valence-corrected chi connectivity index (χ3v) is 7.61. The molecule has 0 bridgehead atoms. The van der Waals surface area contributed by atoms with E-state index in [1.54, 1.807) is 6.07 Å². The highest BCUT2D eigenvalue weighted by atomic mass is 19.1. The predicted octanol–water partition coefficient (Wildman–Crippen LogP) is 4.11. The van der Waals surface area contributed by atoms with E-state index < -0.39 is 6.10 Å². The zero-order chi connectivity index (χ0) is 22.5. The van der Waals surface area contributed by atoms with Crippen molar-refractivity contribution in [1.29, 1.82) is 0 Å². The summed E-state index contributed by atoms with van der Waals surface area (Å²) in [5, 5.41) is 16.1. The van der Waals surface area contributed by atoms with Crippen LogP contribution in [0.15, 0.2) is 34.9 Å².